The zero-order chi connectivity index (χ0) is 12.0. The fourth-order valence-corrected chi connectivity index (χ4v) is 0.956. The number of hydrogen-bond donors (Lipinski definition) is 6. The van der Waals surface area contributed by atoms with Crippen LogP contribution in [0.2, 0.25) is 0 Å². The molecule has 0 radical (unpaired) electrons. The molecule has 90 valence electrons. The molecule has 7 heteroatoms. The van der Waals surface area contributed by atoms with Gasteiger partial charge in [-0.05, 0) is 6.92 Å². The molecule has 0 unspecified atom stereocenters. The highest BCUT2D eigenvalue weighted by molar-refractivity contribution is 5.81. The van der Waals surface area contributed by atoms with Crippen molar-refractivity contribution in [3.63, 3.8) is 0 Å². The van der Waals surface area contributed by atoms with Crippen LogP contribution in [0.15, 0.2) is 0 Å². The van der Waals surface area contributed by atoms with Crippen molar-refractivity contribution in [2.24, 2.45) is 0 Å². The van der Waals surface area contributed by atoms with Crippen LogP contribution in [-0.2, 0) is 4.79 Å². The normalized spacial score (nSPS) is 19.1. The molecule has 0 aliphatic carbocycles. The van der Waals surface area contributed by atoms with Gasteiger partial charge < -0.3 is 30.8 Å². The minimum atomic E-state index is -1.85. The molecule has 0 aromatic rings. The number of likely N-dealkylation sites (N-methyl/N-ethyl adjacent to an activating group) is 1. The number of carbonyl (C=O) groups is 1. The Morgan fingerprint density at radius 2 is 1.73 bits per heavy atom. The molecule has 0 bridgehead atoms. The highest BCUT2D eigenvalue weighted by atomic mass is 16.4. The zero-order valence-electron chi connectivity index (χ0n) is 8.37. The van der Waals surface area contributed by atoms with Crippen LogP contribution >= 0.6 is 0 Å². The molecule has 4 atom stereocenters. The van der Waals surface area contributed by atoms with Crippen LogP contribution in [0.1, 0.15) is 6.92 Å². The standard InChI is InChI=1S/C8H17NO6/c1-2-9-8(15)7(14)6(13)5(12)4(11)3-10/h4-7,10-14H,2-3H2,1H3,(H,9,15)/t4-,5-,6+,7-/m1/s1. The summed E-state index contributed by atoms with van der Waals surface area (Å²) in [5.41, 5.74) is 0. The first-order valence-corrected chi connectivity index (χ1v) is 4.56. The van der Waals surface area contributed by atoms with Crippen LogP contribution in [0.5, 0.6) is 0 Å². The predicted molar refractivity (Wildman–Crippen MR) is 49.8 cm³/mol. The largest absolute Gasteiger partial charge is 0.394 e. The number of hydrogen-bond acceptors (Lipinski definition) is 6. The van der Waals surface area contributed by atoms with Crippen LogP contribution in [-0.4, -0.2) is 69.0 Å². The molecular weight excluding hydrogens is 206 g/mol. The van der Waals surface area contributed by atoms with E-state index in [2.05, 4.69) is 5.32 Å². The van der Waals surface area contributed by atoms with E-state index in [-0.39, 0.29) is 6.54 Å². The summed E-state index contributed by atoms with van der Waals surface area (Å²) in [6, 6.07) is 0. The van der Waals surface area contributed by atoms with E-state index in [0.29, 0.717) is 0 Å². The molecule has 0 rings (SSSR count). The number of rotatable bonds is 6. The molecule has 0 saturated carbocycles. The summed E-state index contributed by atoms with van der Waals surface area (Å²) in [4.78, 5) is 11.0. The summed E-state index contributed by atoms with van der Waals surface area (Å²) in [6.07, 6.45) is -7.09. The smallest absolute Gasteiger partial charge is 0.251 e. The lowest BCUT2D eigenvalue weighted by Crippen LogP contribution is -2.51. The van der Waals surface area contributed by atoms with E-state index in [4.69, 9.17) is 10.2 Å². The van der Waals surface area contributed by atoms with Crippen LogP contribution in [0.3, 0.4) is 0 Å². The van der Waals surface area contributed by atoms with Gasteiger partial charge in [-0.3, -0.25) is 4.79 Å². The van der Waals surface area contributed by atoms with E-state index in [1.54, 1.807) is 6.92 Å². The third kappa shape index (κ3) is 4.10. The van der Waals surface area contributed by atoms with E-state index in [0.717, 1.165) is 0 Å². The molecule has 1 amide bonds. The molecule has 6 N–H and O–H groups in total. The van der Waals surface area contributed by atoms with Crippen molar-refractivity contribution in [2.45, 2.75) is 31.3 Å². The highest BCUT2D eigenvalue weighted by Crippen LogP contribution is 2.05. The lowest BCUT2D eigenvalue weighted by molar-refractivity contribution is -0.148. The van der Waals surface area contributed by atoms with Crippen LogP contribution in [0, 0.1) is 0 Å². The van der Waals surface area contributed by atoms with Gasteiger partial charge in [-0.25, -0.2) is 0 Å². The van der Waals surface area contributed by atoms with Gasteiger partial charge in [0.25, 0.3) is 5.91 Å². The van der Waals surface area contributed by atoms with E-state index in [1.807, 2.05) is 0 Å². The van der Waals surface area contributed by atoms with Gasteiger partial charge in [0.05, 0.1) is 6.61 Å². The minimum absolute atomic E-state index is 0.265. The van der Waals surface area contributed by atoms with Gasteiger partial charge in [0.2, 0.25) is 0 Å². The highest BCUT2D eigenvalue weighted by Gasteiger charge is 2.33. The monoisotopic (exact) mass is 223 g/mol. The Bertz CT molecular complexity index is 200. The second-order valence-corrected chi connectivity index (χ2v) is 3.07. The Morgan fingerprint density at radius 1 is 1.20 bits per heavy atom. The molecular formula is C8H17NO6. The Kier molecular flexibility index (Phi) is 6.37. The molecule has 0 aliphatic heterocycles. The second-order valence-electron chi connectivity index (χ2n) is 3.07. The molecule has 0 saturated heterocycles. The van der Waals surface area contributed by atoms with Gasteiger partial charge in [0.15, 0.2) is 6.10 Å². The number of nitrogens with one attached hydrogen (secondary N) is 1. The summed E-state index contributed by atoms with van der Waals surface area (Å²) < 4.78 is 0. The van der Waals surface area contributed by atoms with Crippen molar-refractivity contribution >= 4 is 5.91 Å². The van der Waals surface area contributed by atoms with Crippen molar-refractivity contribution in [3.8, 4) is 0 Å². The predicted octanol–water partition coefficient (Wildman–Crippen LogP) is -3.44. The fraction of sp³-hybridized carbons (Fsp3) is 0.875. The van der Waals surface area contributed by atoms with Crippen LogP contribution in [0.4, 0.5) is 0 Å². The Hall–Kier alpha value is -0.730. The van der Waals surface area contributed by atoms with Crippen molar-refractivity contribution < 1.29 is 30.3 Å². The molecule has 0 aromatic carbocycles. The SMILES string of the molecule is CCNC(=O)[C@H](O)[C@@H](O)[C@H](O)[C@H](O)CO. The number of aliphatic hydroxyl groups is 5. The molecule has 7 nitrogen and oxygen atoms in total. The summed E-state index contributed by atoms with van der Waals surface area (Å²) >= 11 is 0. The van der Waals surface area contributed by atoms with E-state index >= 15 is 0 Å². The number of carbonyl (C=O) groups excluding carboxylic acids is 1. The van der Waals surface area contributed by atoms with Gasteiger partial charge in [-0.15, -0.1) is 0 Å². The first-order chi connectivity index (χ1) is 6.95. The van der Waals surface area contributed by atoms with Crippen molar-refractivity contribution in [1.82, 2.24) is 5.32 Å². The first kappa shape index (κ1) is 14.3. The molecule has 0 spiro atoms. The molecule has 15 heavy (non-hydrogen) atoms. The molecule has 0 aliphatic rings. The van der Waals surface area contributed by atoms with Crippen LogP contribution < -0.4 is 5.32 Å². The van der Waals surface area contributed by atoms with E-state index in [9.17, 15) is 20.1 Å². The maximum atomic E-state index is 11.0. The van der Waals surface area contributed by atoms with E-state index < -0.39 is 36.9 Å². The third-order valence-electron chi connectivity index (χ3n) is 1.87. The number of amides is 1. The summed E-state index contributed by atoms with van der Waals surface area (Å²) in [7, 11) is 0. The summed E-state index contributed by atoms with van der Waals surface area (Å²) in [5, 5.41) is 47.3. The average molecular weight is 223 g/mol. The average Bonchev–Trinajstić information content (AvgIpc) is 2.25. The Labute approximate surface area is 87.0 Å². The van der Waals surface area contributed by atoms with Gasteiger partial charge in [0.1, 0.15) is 18.3 Å². The van der Waals surface area contributed by atoms with Crippen molar-refractivity contribution in [2.75, 3.05) is 13.2 Å². The maximum absolute atomic E-state index is 11.0. The minimum Gasteiger partial charge on any atom is -0.394 e. The lowest BCUT2D eigenvalue weighted by atomic mass is 10.0. The van der Waals surface area contributed by atoms with Crippen molar-refractivity contribution in [3.05, 3.63) is 0 Å². The first-order valence-electron chi connectivity index (χ1n) is 4.56. The van der Waals surface area contributed by atoms with Gasteiger partial charge in [-0.2, -0.15) is 0 Å². The molecule has 0 fully saturated rings. The fourth-order valence-electron chi connectivity index (χ4n) is 0.956. The third-order valence-corrected chi connectivity index (χ3v) is 1.87. The molecule has 0 heterocycles. The summed E-state index contributed by atoms with van der Waals surface area (Å²) in [6.45, 7) is 1.11. The van der Waals surface area contributed by atoms with Crippen LogP contribution in [0.25, 0.3) is 0 Å². The number of aliphatic hydroxyl groups excluding tert-OH is 5. The van der Waals surface area contributed by atoms with Gasteiger partial charge in [0, 0.05) is 6.54 Å². The summed E-state index contributed by atoms with van der Waals surface area (Å²) in [5.74, 6) is -0.853. The Balaban J connectivity index is 4.29. The second kappa shape index (κ2) is 6.70. The van der Waals surface area contributed by atoms with Crippen molar-refractivity contribution in [1.29, 1.82) is 0 Å². The quantitative estimate of drug-likeness (QED) is 0.278. The topological polar surface area (TPSA) is 130 Å². The van der Waals surface area contributed by atoms with E-state index in [1.165, 1.54) is 0 Å². The molecule has 0 aromatic heterocycles. The Morgan fingerprint density at radius 3 is 2.13 bits per heavy atom. The van der Waals surface area contributed by atoms with Gasteiger partial charge >= 0.3 is 0 Å². The lowest BCUT2D eigenvalue weighted by Gasteiger charge is -2.24. The van der Waals surface area contributed by atoms with Gasteiger partial charge in [-0.1, -0.05) is 0 Å². The zero-order valence-corrected chi connectivity index (χ0v) is 8.37. The maximum Gasteiger partial charge on any atom is 0.251 e.